The molecule has 1 fully saturated rings. The van der Waals surface area contributed by atoms with Crippen molar-refractivity contribution in [3.8, 4) is 10.4 Å². The Morgan fingerprint density at radius 2 is 1.97 bits per heavy atom. The minimum atomic E-state index is -1.12. The highest BCUT2D eigenvalue weighted by Crippen LogP contribution is 2.29. The summed E-state index contributed by atoms with van der Waals surface area (Å²) in [5.41, 5.74) is 1.52. The van der Waals surface area contributed by atoms with Gasteiger partial charge in [-0.3, -0.25) is 14.6 Å². The van der Waals surface area contributed by atoms with Gasteiger partial charge in [0.25, 0.3) is 11.8 Å². The summed E-state index contributed by atoms with van der Waals surface area (Å²) in [5.74, 6) is -0.279. The third-order valence-electron chi connectivity index (χ3n) is 5.43. The number of amides is 2. The molecule has 3 heterocycles. The van der Waals surface area contributed by atoms with Crippen LogP contribution in [-0.4, -0.2) is 66.0 Å². The summed E-state index contributed by atoms with van der Waals surface area (Å²) >= 11 is 1.69. The highest BCUT2D eigenvalue weighted by Gasteiger charge is 2.46. The van der Waals surface area contributed by atoms with Crippen LogP contribution in [0.15, 0.2) is 66.3 Å². The fourth-order valence-corrected chi connectivity index (χ4v) is 4.64. The van der Waals surface area contributed by atoms with E-state index in [2.05, 4.69) is 28.6 Å². The van der Waals surface area contributed by atoms with Gasteiger partial charge in [-0.1, -0.05) is 30.3 Å². The zero-order valence-electron chi connectivity index (χ0n) is 17.7. The summed E-state index contributed by atoms with van der Waals surface area (Å²) in [7, 11) is 3.43. The lowest BCUT2D eigenvalue weighted by molar-refractivity contribution is -0.165. The number of morpholine rings is 1. The molecule has 1 aliphatic heterocycles. The average Bonchev–Trinajstić information content (AvgIpc) is 3.34. The normalized spacial score (nSPS) is 18.6. The molecule has 2 amide bonds. The highest BCUT2D eigenvalue weighted by molar-refractivity contribution is 7.13. The molecule has 160 valence electrons. The number of nitrogens with zero attached hydrogens (tertiary/aromatic N) is 3. The van der Waals surface area contributed by atoms with Crippen molar-refractivity contribution in [1.82, 2.24) is 14.8 Å². The van der Waals surface area contributed by atoms with Gasteiger partial charge in [-0.15, -0.1) is 11.3 Å². The van der Waals surface area contributed by atoms with Crippen LogP contribution in [0.4, 0.5) is 0 Å². The summed E-state index contributed by atoms with van der Waals surface area (Å²) in [6, 6.07) is 15.8. The maximum atomic E-state index is 13.2. The molecule has 0 N–H and O–H groups in total. The molecule has 0 saturated carbocycles. The number of carbonyl (C=O) groups excluding carboxylic acids is 2. The Hall–Kier alpha value is -3.03. The van der Waals surface area contributed by atoms with Crippen LogP contribution < -0.4 is 0 Å². The number of carbonyl (C=O) groups is 2. The van der Waals surface area contributed by atoms with Gasteiger partial charge in [0, 0.05) is 44.3 Å². The van der Waals surface area contributed by atoms with Gasteiger partial charge in [0.05, 0.1) is 18.7 Å². The van der Waals surface area contributed by atoms with E-state index in [1.54, 1.807) is 54.9 Å². The van der Waals surface area contributed by atoms with E-state index in [0.29, 0.717) is 25.1 Å². The Morgan fingerprint density at radius 1 is 1.16 bits per heavy atom. The van der Waals surface area contributed by atoms with Crippen LogP contribution >= 0.6 is 11.3 Å². The van der Waals surface area contributed by atoms with Crippen molar-refractivity contribution in [3.63, 3.8) is 0 Å². The molecule has 1 unspecified atom stereocenters. The lowest BCUT2D eigenvalue weighted by Crippen LogP contribution is -2.61. The third-order valence-corrected chi connectivity index (χ3v) is 6.35. The Labute approximate surface area is 186 Å². The zero-order valence-corrected chi connectivity index (χ0v) is 18.5. The van der Waals surface area contributed by atoms with Gasteiger partial charge < -0.3 is 14.5 Å². The van der Waals surface area contributed by atoms with Gasteiger partial charge >= 0.3 is 0 Å². The van der Waals surface area contributed by atoms with Crippen molar-refractivity contribution < 1.29 is 14.3 Å². The Morgan fingerprint density at radius 3 is 2.61 bits per heavy atom. The van der Waals surface area contributed by atoms with Crippen molar-refractivity contribution >= 4 is 23.2 Å². The van der Waals surface area contributed by atoms with Crippen LogP contribution in [0.1, 0.15) is 15.9 Å². The molecule has 0 bridgehead atoms. The molecule has 0 spiro atoms. The predicted octanol–water partition coefficient (Wildman–Crippen LogP) is 3.35. The van der Waals surface area contributed by atoms with Gasteiger partial charge in [0.2, 0.25) is 0 Å². The van der Waals surface area contributed by atoms with E-state index in [1.807, 2.05) is 18.2 Å². The van der Waals surface area contributed by atoms with E-state index in [4.69, 9.17) is 4.74 Å². The van der Waals surface area contributed by atoms with E-state index in [9.17, 15) is 9.59 Å². The highest BCUT2D eigenvalue weighted by atomic mass is 32.1. The van der Waals surface area contributed by atoms with E-state index in [-0.39, 0.29) is 18.4 Å². The summed E-state index contributed by atoms with van der Waals surface area (Å²) in [4.78, 5) is 34.7. The quantitative estimate of drug-likeness (QED) is 0.617. The lowest BCUT2D eigenvalue weighted by Gasteiger charge is -2.42. The standard InChI is InChI=1S/C24H25N3O3S/c1-26(2)23(29)24(15-18-7-9-19(10-8-18)21-6-4-14-31-21)17-27(12-13-30-24)22(28)20-5-3-11-25-16-20/h3-11,14,16H,12-13,15,17H2,1-2H3. The molecule has 1 saturated heterocycles. The van der Waals surface area contributed by atoms with Crippen LogP contribution in [0.25, 0.3) is 10.4 Å². The number of likely N-dealkylation sites (N-methyl/N-ethyl adjacent to an activating group) is 1. The van der Waals surface area contributed by atoms with E-state index >= 15 is 0 Å². The monoisotopic (exact) mass is 435 g/mol. The summed E-state index contributed by atoms with van der Waals surface area (Å²) in [6.07, 6.45) is 3.58. The van der Waals surface area contributed by atoms with Crippen LogP contribution in [0.5, 0.6) is 0 Å². The lowest BCUT2D eigenvalue weighted by atomic mass is 9.90. The van der Waals surface area contributed by atoms with Crippen molar-refractivity contribution in [2.45, 2.75) is 12.0 Å². The van der Waals surface area contributed by atoms with Gasteiger partial charge in [-0.25, -0.2) is 0 Å². The van der Waals surface area contributed by atoms with Crippen molar-refractivity contribution in [1.29, 1.82) is 0 Å². The van der Waals surface area contributed by atoms with E-state index < -0.39 is 5.60 Å². The van der Waals surface area contributed by atoms with Crippen molar-refractivity contribution in [2.24, 2.45) is 0 Å². The smallest absolute Gasteiger partial charge is 0.256 e. The molecule has 0 radical (unpaired) electrons. The number of benzene rings is 1. The van der Waals surface area contributed by atoms with Gasteiger partial charge in [-0.05, 0) is 34.7 Å². The SMILES string of the molecule is CN(C)C(=O)C1(Cc2ccc(-c3cccs3)cc2)CN(C(=O)c2cccnc2)CCO1. The van der Waals surface area contributed by atoms with Crippen molar-refractivity contribution in [2.75, 3.05) is 33.8 Å². The number of thiophene rings is 1. The van der Waals surface area contributed by atoms with Crippen LogP contribution in [0.2, 0.25) is 0 Å². The molecule has 1 aromatic carbocycles. The molecule has 0 aliphatic carbocycles. The van der Waals surface area contributed by atoms with Gasteiger partial charge in [-0.2, -0.15) is 0 Å². The van der Waals surface area contributed by atoms with Crippen molar-refractivity contribution in [3.05, 3.63) is 77.4 Å². The van der Waals surface area contributed by atoms with Gasteiger partial charge in [0.15, 0.2) is 5.60 Å². The second kappa shape index (κ2) is 8.99. The first-order valence-corrected chi connectivity index (χ1v) is 11.0. The third kappa shape index (κ3) is 4.52. The minimum Gasteiger partial charge on any atom is -0.361 e. The molecule has 31 heavy (non-hydrogen) atoms. The Kier molecular flexibility index (Phi) is 6.15. The number of hydrogen-bond donors (Lipinski definition) is 0. The predicted molar refractivity (Wildman–Crippen MR) is 121 cm³/mol. The second-order valence-electron chi connectivity index (χ2n) is 7.86. The molecular weight excluding hydrogens is 410 g/mol. The summed E-state index contributed by atoms with van der Waals surface area (Å²) in [6.45, 7) is 0.941. The second-order valence-corrected chi connectivity index (χ2v) is 8.81. The topological polar surface area (TPSA) is 62.7 Å². The number of ether oxygens (including phenoxy) is 1. The maximum Gasteiger partial charge on any atom is 0.256 e. The number of aromatic nitrogens is 1. The molecule has 1 aliphatic rings. The van der Waals surface area contributed by atoms with Gasteiger partial charge in [0.1, 0.15) is 0 Å². The van der Waals surface area contributed by atoms with Crippen LogP contribution in [0.3, 0.4) is 0 Å². The zero-order chi connectivity index (χ0) is 21.8. The average molecular weight is 436 g/mol. The first-order chi connectivity index (χ1) is 15.0. The Bertz CT molecular complexity index is 1040. The molecule has 3 aromatic rings. The first-order valence-electron chi connectivity index (χ1n) is 10.2. The van der Waals surface area contributed by atoms with Crippen LogP contribution in [0, 0.1) is 0 Å². The first kappa shape index (κ1) is 21.2. The minimum absolute atomic E-state index is 0.139. The molecular formula is C24H25N3O3S. The largest absolute Gasteiger partial charge is 0.361 e. The molecule has 2 aromatic heterocycles. The number of pyridine rings is 1. The Balaban J connectivity index is 1.59. The number of hydrogen-bond acceptors (Lipinski definition) is 5. The summed E-state index contributed by atoms with van der Waals surface area (Å²) in [5, 5.41) is 2.05. The molecule has 4 rings (SSSR count). The molecule has 6 nitrogen and oxygen atoms in total. The number of rotatable bonds is 5. The van der Waals surface area contributed by atoms with E-state index in [0.717, 1.165) is 11.1 Å². The van der Waals surface area contributed by atoms with Crippen LogP contribution in [-0.2, 0) is 16.0 Å². The van der Waals surface area contributed by atoms with E-state index in [1.165, 1.54) is 9.78 Å². The molecule has 1 atom stereocenters. The molecule has 7 heteroatoms. The fourth-order valence-electron chi connectivity index (χ4n) is 3.91. The maximum absolute atomic E-state index is 13.2. The fraction of sp³-hybridized carbons (Fsp3) is 0.292. The summed E-state index contributed by atoms with van der Waals surface area (Å²) < 4.78 is 6.11.